The Balaban J connectivity index is 2.62. The molecule has 23 heavy (non-hydrogen) atoms. The van der Waals surface area contributed by atoms with Gasteiger partial charge in [0, 0.05) is 19.4 Å². The second-order valence-corrected chi connectivity index (χ2v) is 5.07. The predicted octanol–water partition coefficient (Wildman–Crippen LogP) is 1.78. The molecule has 6 heteroatoms. The third-order valence-corrected chi connectivity index (χ3v) is 3.30. The van der Waals surface area contributed by atoms with Gasteiger partial charge < -0.3 is 15.2 Å². The molecule has 0 fully saturated rings. The van der Waals surface area contributed by atoms with Crippen LogP contribution in [0.1, 0.15) is 24.8 Å². The van der Waals surface area contributed by atoms with E-state index in [2.05, 4.69) is 11.2 Å². The van der Waals surface area contributed by atoms with Crippen LogP contribution in [0.2, 0.25) is 0 Å². The number of hydrogen-bond donors (Lipinski definition) is 2. The topological polar surface area (TPSA) is 75.6 Å². The summed E-state index contributed by atoms with van der Waals surface area (Å²) in [5.74, 6) is -0.104. The van der Waals surface area contributed by atoms with E-state index in [0.717, 1.165) is 6.07 Å². The van der Waals surface area contributed by atoms with Crippen molar-refractivity contribution in [2.24, 2.45) is 5.92 Å². The lowest BCUT2D eigenvalue weighted by Gasteiger charge is -2.16. The lowest BCUT2D eigenvalue weighted by atomic mass is 9.99. The van der Waals surface area contributed by atoms with E-state index >= 15 is 0 Å². The number of methoxy groups -OCH3 is 1. The number of benzene rings is 1. The number of aromatic hydroxyl groups is 1. The molecular formula is C17H20FNO4. The Kier molecular flexibility index (Phi) is 7.61. The Hall–Kier alpha value is -2.55. The standard InChI is InChI=1S/C17H20FNO4/c1-3-4-5-6-16(21)19-11-13(17(22)23-2)9-12-7-8-15(20)14(18)10-12/h1,7-8,10,13,20H,4-6,9,11H2,2H3,(H,19,21)/t13-/m0/s1. The molecule has 1 aromatic carbocycles. The van der Waals surface area contributed by atoms with Crippen molar-refractivity contribution in [3.8, 4) is 18.1 Å². The number of rotatable bonds is 8. The van der Waals surface area contributed by atoms with E-state index in [1.54, 1.807) is 0 Å². The predicted molar refractivity (Wildman–Crippen MR) is 83.0 cm³/mol. The summed E-state index contributed by atoms with van der Waals surface area (Å²) in [5, 5.41) is 11.8. The number of phenols is 1. The molecule has 0 aromatic heterocycles. The Morgan fingerprint density at radius 1 is 1.48 bits per heavy atom. The van der Waals surface area contributed by atoms with Crippen LogP contribution in [-0.2, 0) is 20.7 Å². The fourth-order valence-corrected chi connectivity index (χ4v) is 2.04. The maximum atomic E-state index is 13.3. The Bertz CT molecular complexity index is 595. The van der Waals surface area contributed by atoms with E-state index in [9.17, 15) is 19.1 Å². The molecule has 0 saturated heterocycles. The summed E-state index contributed by atoms with van der Waals surface area (Å²) in [5.41, 5.74) is 0.525. The summed E-state index contributed by atoms with van der Waals surface area (Å²) in [6, 6.07) is 3.89. The first-order valence-electron chi connectivity index (χ1n) is 7.23. The van der Waals surface area contributed by atoms with Crippen LogP contribution in [-0.4, -0.2) is 30.6 Å². The number of esters is 1. The zero-order chi connectivity index (χ0) is 17.2. The number of carbonyl (C=O) groups excluding carboxylic acids is 2. The molecule has 124 valence electrons. The number of hydrogen-bond acceptors (Lipinski definition) is 4. The average molecular weight is 321 g/mol. The SMILES string of the molecule is C#CCCCC(=O)NC[C@H](Cc1ccc(O)c(F)c1)C(=O)OC. The molecule has 0 spiro atoms. The van der Waals surface area contributed by atoms with Gasteiger partial charge in [-0.05, 0) is 30.5 Å². The molecular weight excluding hydrogens is 301 g/mol. The molecule has 0 aliphatic rings. The molecule has 1 rings (SSSR count). The number of carbonyl (C=O) groups is 2. The number of unbranched alkanes of at least 4 members (excludes halogenated alkanes) is 1. The van der Waals surface area contributed by atoms with Crippen LogP contribution in [0.4, 0.5) is 4.39 Å². The van der Waals surface area contributed by atoms with Gasteiger partial charge in [-0.2, -0.15) is 0 Å². The van der Waals surface area contributed by atoms with Crippen molar-refractivity contribution < 1.29 is 23.8 Å². The van der Waals surface area contributed by atoms with E-state index in [4.69, 9.17) is 11.2 Å². The van der Waals surface area contributed by atoms with Crippen LogP contribution in [0.3, 0.4) is 0 Å². The maximum absolute atomic E-state index is 13.3. The molecule has 1 amide bonds. The van der Waals surface area contributed by atoms with Crippen LogP contribution in [0.25, 0.3) is 0 Å². The molecule has 2 N–H and O–H groups in total. The first-order valence-corrected chi connectivity index (χ1v) is 7.23. The minimum Gasteiger partial charge on any atom is -0.505 e. The monoisotopic (exact) mass is 321 g/mol. The highest BCUT2D eigenvalue weighted by molar-refractivity contribution is 5.78. The first-order chi connectivity index (χ1) is 11.0. The van der Waals surface area contributed by atoms with Crippen molar-refractivity contribution in [3.05, 3.63) is 29.6 Å². The van der Waals surface area contributed by atoms with Crippen molar-refractivity contribution >= 4 is 11.9 Å². The number of terminal acetylenes is 1. The van der Waals surface area contributed by atoms with Gasteiger partial charge in [-0.25, -0.2) is 4.39 Å². The number of amides is 1. The molecule has 0 aliphatic carbocycles. The highest BCUT2D eigenvalue weighted by Gasteiger charge is 2.21. The molecule has 0 aliphatic heterocycles. The average Bonchev–Trinajstić information content (AvgIpc) is 2.54. The van der Waals surface area contributed by atoms with Gasteiger partial charge in [0.2, 0.25) is 5.91 Å². The molecule has 5 nitrogen and oxygen atoms in total. The van der Waals surface area contributed by atoms with Crippen molar-refractivity contribution in [1.29, 1.82) is 0 Å². The highest BCUT2D eigenvalue weighted by Crippen LogP contribution is 2.19. The number of halogens is 1. The van der Waals surface area contributed by atoms with Gasteiger partial charge in [0.05, 0.1) is 13.0 Å². The molecule has 1 aromatic rings. The summed E-state index contributed by atoms with van der Waals surface area (Å²) in [6.07, 6.45) is 6.68. The second-order valence-electron chi connectivity index (χ2n) is 5.07. The molecule has 1 atom stereocenters. The quantitative estimate of drug-likeness (QED) is 0.435. The fourth-order valence-electron chi connectivity index (χ4n) is 2.04. The lowest BCUT2D eigenvalue weighted by molar-refractivity contribution is -0.145. The maximum Gasteiger partial charge on any atom is 0.310 e. The van der Waals surface area contributed by atoms with Crippen LogP contribution in [0.5, 0.6) is 5.75 Å². The van der Waals surface area contributed by atoms with Crippen LogP contribution in [0, 0.1) is 24.1 Å². The van der Waals surface area contributed by atoms with Crippen LogP contribution >= 0.6 is 0 Å². The fraction of sp³-hybridized carbons (Fsp3) is 0.412. The molecule has 0 bridgehead atoms. The Labute approximate surface area is 134 Å². The normalized spacial score (nSPS) is 11.3. The lowest BCUT2D eigenvalue weighted by Crippen LogP contribution is -2.34. The summed E-state index contributed by atoms with van der Waals surface area (Å²) >= 11 is 0. The van der Waals surface area contributed by atoms with Gasteiger partial charge in [-0.1, -0.05) is 6.07 Å². The highest BCUT2D eigenvalue weighted by atomic mass is 19.1. The van der Waals surface area contributed by atoms with E-state index in [0.29, 0.717) is 18.4 Å². The summed E-state index contributed by atoms with van der Waals surface area (Å²) in [4.78, 5) is 23.5. The van der Waals surface area contributed by atoms with Gasteiger partial charge in [0.25, 0.3) is 0 Å². The summed E-state index contributed by atoms with van der Waals surface area (Å²) in [6.45, 7) is 0.0874. The van der Waals surface area contributed by atoms with Crippen LogP contribution in [0.15, 0.2) is 18.2 Å². The van der Waals surface area contributed by atoms with Gasteiger partial charge in [0.15, 0.2) is 11.6 Å². The largest absolute Gasteiger partial charge is 0.505 e. The van der Waals surface area contributed by atoms with Crippen molar-refractivity contribution in [1.82, 2.24) is 5.32 Å². The Morgan fingerprint density at radius 2 is 2.22 bits per heavy atom. The molecule has 0 saturated carbocycles. The minimum absolute atomic E-state index is 0.0874. The van der Waals surface area contributed by atoms with Gasteiger partial charge in [-0.3, -0.25) is 9.59 Å². The van der Waals surface area contributed by atoms with Gasteiger partial charge in [0.1, 0.15) is 0 Å². The summed E-state index contributed by atoms with van der Waals surface area (Å²) in [7, 11) is 1.25. The van der Waals surface area contributed by atoms with Crippen molar-refractivity contribution in [2.75, 3.05) is 13.7 Å². The molecule has 0 radical (unpaired) electrons. The zero-order valence-corrected chi connectivity index (χ0v) is 13.0. The number of phenolic OH excluding ortho intramolecular Hbond substituents is 1. The number of nitrogens with one attached hydrogen (secondary N) is 1. The Morgan fingerprint density at radius 3 is 2.83 bits per heavy atom. The molecule has 0 unspecified atom stereocenters. The van der Waals surface area contributed by atoms with E-state index in [1.165, 1.54) is 19.2 Å². The van der Waals surface area contributed by atoms with Crippen LogP contribution < -0.4 is 5.32 Å². The van der Waals surface area contributed by atoms with Gasteiger partial charge >= 0.3 is 5.97 Å². The third-order valence-electron chi connectivity index (χ3n) is 3.30. The van der Waals surface area contributed by atoms with Gasteiger partial charge in [-0.15, -0.1) is 12.3 Å². The zero-order valence-electron chi connectivity index (χ0n) is 13.0. The smallest absolute Gasteiger partial charge is 0.310 e. The van der Waals surface area contributed by atoms with E-state index in [-0.39, 0.29) is 25.3 Å². The third kappa shape index (κ3) is 6.39. The number of ether oxygens (including phenoxy) is 1. The van der Waals surface area contributed by atoms with Crippen molar-refractivity contribution in [3.63, 3.8) is 0 Å². The van der Waals surface area contributed by atoms with Crippen molar-refractivity contribution in [2.45, 2.75) is 25.7 Å². The molecule has 0 heterocycles. The first kappa shape index (κ1) is 18.5. The minimum atomic E-state index is -0.760. The second kappa shape index (κ2) is 9.46. The van der Waals surface area contributed by atoms with E-state index in [1.807, 2.05) is 0 Å². The van der Waals surface area contributed by atoms with E-state index < -0.39 is 23.5 Å². The summed E-state index contributed by atoms with van der Waals surface area (Å²) < 4.78 is 18.1.